The molecule has 1 aromatic heterocycles. The topological polar surface area (TPSA) is 55.1 Å². The minimum absolute atomic E-state index is 0.0765. The molecule has 0 spiro atoms. The molecule has 0 fully saturated rings. The van der Waals surface area contributed by atoms with Gasteiger partial charge in [-0.25, -0.2) is 4.98 Å². The molecule has 0 aliphatic heterocycles. The van der Waals surface area contributed by atoms with E-state index in [0.717, 1.165) is 11.3 Å². The number of rotatable bonds is 5. The third-order valence-electron chi connectivity index (χ3n) is 3.28. The lowest BCUT2D eigenvalue weighted by Crippen LogP contribution is -2.25. The predicted octanol–water partition coefficient (Wildman–Crippen LogP) is 3.31. The molecule has 0 saturated carbocycles. The molecule has 3 rings (SSSR count). The number of aromatic nitrogens is 1. The van der Waals surface area contributed by atoms with Gasteiger partial charge >= 0.3 is 0 Å². The minimum Gasteiger partial charge on any atom is -0.444 e. The number of amides is 1. The molecule has 0 bridgehead atoms. The van der Waals surface area contributed by atoms with Gasteiger partial charge in [-0.2, -0.15) is 0 Å². The van der Waals surface area contributed by atoms with E-state index in [9.17, 15) is 4.79 Å². The Bertz CT molecular complexity index is 736. The summed E-state index contributed by atoms with van der Waals surface area (Å²) in [6, 6.07) is 18.9. The molecule has 2 aromatic carbocycles. The fraction of sp³-hybridized carbons (Fsp3) is 0.111. The van der Waals surface area contributed by atoms with E-state index in [1.54, 1.807) is 18.4 Å². The van der Waals surface area contributed by atoms with Gasteiger partial charge in [0, 0.05) is 24.1 Å². The maximum absolute atomic E-state index is 11.9. The molecule has 0 saturated heterocycles. The molecule has 1 N–H and O–H groups in total. The average Bonchev–Trinajstić information content (AvgIpc) is 3.05. The van der Waals surface area contributed by atoms with Crippen LogP contribution in [0.1, 0.15) is 16.1 Å². The lowest BCUT2D eigenvalue weighted by molar-refractivity contribution is 0.0954. The number of nitrogens with one attached hydrogen (secondary N) is 1. The summed E-state index contributed by atoms with van der Waals surface area (Å²) < 4.78 is 5.47. The van der Waals surface area contributed by atoms with Crippen LogP contribution < -0.4 is 5.32 Å². The van der Waals surface area contributed by atoms with Crippen LogP contribution in [0.25, 0.3) is 11.5 Å². The van der Waals surface area contributed by atoms with Crippen molar-refractivity contribution >= 4 is 5.91 Å². The number of hydrogen-bond donors (Lipinski definition) is 1. The van der Waals surface area contributed by atoms with Gasteiger partial charge in [-0.1, -0.05) is 36.4 Å². The van der Waals surface area contributed by atoms with Gasteiger partial charge in [0.1, 0.15) is 6.26 Å². The van der Waals surface area contributed by atoms with Crippen molar-refractivity contribution in [3.05, 3.63) is 78.2 Å². The van der Waals surface area contributed by atoms with Gasteiger partial charge in [0.2, 0.25) is 5.89 Å². The smallest absolute Gasteiger partial charge is 0.251 e. The largest absolute Gasteiger partial charge is 0.444 e. The molecule has 22 heavy (non-hydrogen) atoms. The van der Waals surface area contributed by atoms with E-state index >= 15 is 0 Å². The van der Waals surface area contributed by atoms with Crippen molar-refractivity contribution in [3.8, 4) is 11.5 Å². The SMILES string of the molecule is O=C(NCCc1coc(-c2ccccc2)n1)c1ccccc1. The molecular formula is C18H16N2O2. The monoisotopic (exact) mass is 292 g/mol. The van der Waals surface area contributed by atoms with Gasteiger partial charge in [0.25, 0.3) is 5.91 Å². The van der Waals surface area contributed by atoms with Gasteiger partial charge in [-0.15, -0.1) is 0 Å². The van der Waals surface area contributed by atoms with Crippen LogP contribution >= 0.6 is 0 Å². The first-order valence-electron chi connectivity index (χ1n) is 7.16. The Balaban J connectivity index is 1.55. The van der Waals surface area contributed by atoms with Crippen molar-refractivity contribution in [2.75, 3.05) is 6.54 Å². The van der Waals surface area contributed by atoms with E-state index in [2.05, 4.69) is 10.3 Å². The highest BCUT2D eigenvalue weighted by Crippen LogP contribution is 2.17. The molecule has 4 heteroatoms. The number of oxazole rings is 1. The van der Waals surface area contributed by atoms with E-state index in [-0.39, 0.29) is 5.91 Å². The van der Waals surface area contributed by atoms with E-state index in [1.807, 2.05) is 48.5 Å². The Labute approximate surface area is 128 Å². The van der Waals surface area contributed by atoms with Crippen LogP contribution in [0.15, 0.2) is 71.3 Å². The maximum Gasteiger partial charge on any atom is 0.251 e. The second-order valence-corrected chi connectivity index (χ2v) is 4.88. The highest BCUT2D eigenvalue weighted by Gasteiger charge is 2.07. The Morgan fingerprint density at radius 1 is 1.00 bits per heavy atom. The van der Waals surface area contributed by atoms with Crippen LogP contribution in [0.5, 0.6) is 0 Å². The number of hydrogen-bond acceptors (Lipinski definition) is 3. The zero-order valence-corrected chi connectivity index (χ0v) is 12.0. The second kappa shape index (κ2) is 6.72. The Morgan fingerprint density at radius 3 is 2.41 bits per heavy atom. The zero-order chi connectivity index (χ0) is 15.2. The van der Waals surface area contributed by atoms with Crippen LogP contribution in [-0.2, 0) is 6.42 Å². The third kappa shape index (κ3) is 3.41. The molecule has 0 radical (unpaired) electrons. The summed E-state index contributed by atoms with van der Waals surface area (Å²) in [6.07, 6.45) is 2.27. The van der Waals surface area contributed by atoms with Crippen LogP contribution in [0.3, 0.4) is 0 Å². The first kappa shape index (κ1) is 14.1. The zero-order valence-electron chi connectivity index (χ0n) is 12.0. The standard InChI is InChI=1S/C18H16N2O2/c21-17(14-7-3-1-4-8-14)19-12-11-16-13-22-18(20-16)15-9-5-2-6-10-15/h1-10,13H,11-12H2,(H,19,21). The van der Waals surface area contributed by atoms with Gasteiger partial charge < -0.3 is 9.73 Å². The number of nitrogens with zero attached hydrogens (tertiary/aromatic N) is 1. The van der Waals surface area contributed by atoms with Crippen molar-refractivity contribution < 1.29 is 9.21 Å². The highest BCUT2D eigenvalue weighted by molar-refractivity contribution is 5.94. The molecule has 4 nitrogen and oxygen atoms in total. The van der Waals surface area contributed by atoms with Gasteiger partial charge in [-0.3, -0.25) is 4.79 Å². The number of carbonyl (C=O) groups is 1. The van der Waals surface area contributed by atoms with Crippen molar-refractivity contribution in [1.82, 2.24) is 10.3 Å². The van der Waals surface area contributed by atoms with Crippen molar-refractivity contribution in [3.63, 3.8) is 0 Å². The molecule has 0 atom stereocenters. The predicted molar refractivity (Wildman–Crippen MR) is 84.4 cm³/mol. The number of carbonyl (C=O) groups excluding carboxylic acids is 1. The fourth-order valence-electron chi connectivity index (χ4n) is 2.13. The van der Waals surface area contributed by atoms with E-state index < -0.39 is 0 Å². The molecule has 3 aromatic rings. The average molecular weight is 292 g/mol. The summed E-state index contributed by atoms with van der Waals surface area (Å²) in [7, 11) is 0. The van der Waals surface area contributed by atoms with Crippen LogP contribution in [0.4, 0.5) is 0 Å². The molecule has 0 aliphatic rings. The van der Waals surface area contributed by atoms with Crippen molar-refractivity contribution in [1.29, 1.82) is 0 Å². The first-order chi connectivity index (χ1) is 10.8. The molecular weight excluding hydrogens is 276 g/mol. The highest BCUT2D eigenvalue weighted by atomic mass is 16.3. The Kier molecular flexibility index (Phi) is 4.30. The summed E-state index contributed by atoms with van der Waals surface area (Å²) in [5.41, 5.74) is 2.43. The van der Waals surface area contributed by atoms with Crippen LogP contribution in [0, 0.1) is 0 Å². The fourth-order valence-corrected chi connectivity index (χ4v) is 2.13. The minimum atomic E-state index is -0.0765. The lowest BCUT2D eigenvalue weighted by Gasteiger charge is -2.03. The lowest BCUT2D eigenvalue weighted by atomic mass is 10.2. The van der Waals surface area contributed by atoms with Gasteiger partial charge in [0.05, 0.1) is 5.69 Å². The molecule has 1 heterocycles. The Hall–Kier alpha value is -2.88. The van der Waals surface area contributed by atoms with Gasteiger partial charge in [0.15, 0.2) is 0 Å². The summed E-state index contributed by atoms with van der Waals surface area (Å²) in [6.45, 7) is 0.522. The molecule has 0 aliphatic carbocycles. The normalized spacial score (nSPS) is 10.4. The third-order valence-corrected chi connectivity index (χ3v) is 3.28. The molecule has 110 valence electrons. The quantitative estimate of drug-likeness (QED) is 0.785. The summed E-state index contributed by atoms with van der Waals surface area (Å²) >= 11 is 0. The van der Waals surface area contributed by atoms with Gasteiger partial charge in [-0.05, 0) is 24.3 Å². The summed E-state index contributed by atoms with van der Waals surface area (Å²) in [5, 5.41) is 2.88. The summed E-state index contributed by atoms with van der Waals surface area (Å²) in [5.74, 6) is 0.525. The van der Waals surface area contributed by atoms with Crippen LogP contribution in [-0.4, -0.2) is 17.4 Å². The molecule has 1 amide bonds. The Morgan fingerprint density at radius 2 is 1.68 bits per heavy atom. The van der Waals surface area contributed by atoms with E-state index in [1.165, 1.54) is 0 Å². The maximum atomic E-state index is 11.9. The second-order valence-electron chi connectivity index (χ2n) is 4.88. The number of benzene rings is 2. The van der Waals surface area contributed by atoms with Crippen molar-refractivity contribution in [2.24, 2.45) is 0 Å². The van der Waals surface area contributed by atoms with Crippen molar-refractivity contribution in [2.45, 2.75) is 6.42 Å². The first-order valence-corrected chi connectivity index (χ1v) is 7.16. The summed E-state index contributed by atoms with van der Waals surface area (Å²) in [4.78, 5) is 16.3. The van der Waals surface area contributed by atoms with E-state index in [0.29, 0.717) is 24.4 Å². The molecule has 0 unspecified atom stereocenters. The van der Waals surface area contributed by atoms with E-state index in [4.69, 9.17) is 4.42 Å². The van der Waals surface area contributed by atoms with Crippen LogP contribution in [0.2, 0.25) is 0 Å².